The van der Waals surface area contributed by atoms with Crippen molar-refractivity contribution >= 4 is 29.1 Å². The van der Waals surface area contributed by atoms with E-state index in [9.17, 15) is 0 Å². The van der Waals surface area contributed by atoms with Crippen LogP contribution in [0.4, 0.5) is 5.69 Å². The van der Waals surface area contributed by atoms with Crippen molar-refractivity contribution in [3.63, 3.8) is 0 Å². The van der Waals surface area contributed by atoms with Crippen LogP contribution in [0.3, 0.4) is 0 Å². The Morgan fingerprint density at radius 2 is 2.27 bits per heavy atom. The highest BCUT2D eigenvalue weighted by molar-refractivity contribution is 8.00. The van der Waals surface area contributed by atoms with Crippen LogP contribution in [0.2, 0.25) is 5.02 Å². The van der Waals surface area contributed by atoms with Crippen LogP contribution in [0.1, 0.15) is 13.3 Å². The van der Waals surface area contributed by atoms with Crippen LogP contribution < -0.4 is 5.73 Å². The van der Waals surface area contributed by atoms with Crippen molar-refractivity contribution in [1.29, 1.82) is 0 Å². The second-order valence-corrected chi connectivity index (χ2v) is 5.29. The van der Waals surface area contributed by atoms with Gasteiger partial charge < -0.3 is 10.5 Å². The van der Waals surface area contributed by atoms with Crippen LogP contribution >= 0.6 is 23.4 Å². The van der Waals surface area contributed by atoms with E-state index >= 15 is 0 Å². The fraction of sp³-hybridized carbons (Fsp3) is 0.455. The Hall–Kier alpha value is -0.380. The molecule has 0 fully saturated rings. The van der Waals surface area contributed by atoms with Gasteiger partial charge in [-0.15, -0.1) is 11.8 Å². The van der Waals surface area contributed by atoms with E-state index < -0.39 is 0 Å². The van der Waals surface area contributed by atoms with E-state index in [4.69, 9.17) is 22.1 Å². The Morgan fingerprint density at radius 1 is 1.53 bits per heavy atom. The van der Waals surface area contributed by atoms with Crippen molar-refractivity contribution < 1.29 is 4.74 Å². The lowest BCUT2D eigenvalue weighted by Crippen LogP contribution is -2.01. The van der Waals surface area contributed by atoms with E-state index in [0.29, 0.717) is 5.25 Å². The fourth-order valence-electron chi connectivity index (χ4n) is 1.17. The standard InChI is InChI=1S/C11H16ClNOS/c1-8(5-6-14-2)15-11-7-9(13)3-4-10(11)12/h3-4,7-8H,5-6,13H2,1-2H3. The van der Waals surface area contributed by atoms with E-state index in [-0.39, 0.29) is 0 Å². The molecule has 0 aliphatic carbocycles. The van der Waals surface area contributed by atoms with Gasteiger partial charge in [-0.2, -0.15) is 0 Å². The number of anilines is 1. The zero-order valence-corrected chi connectivity index (χ0v) is 10.6. The molecule has 0 radical (unpaired) electrons. The van der Waals surface area contributed by atoms with Crippen LogP contribution in [-0.4, -0.2) is 19.0 Å². The maximum Gasteiger partial charge on any atom is 0.0543 e. The van der Waals surface area contributed by atoms with E-state index in [1.807, 2.05) is 18.2 Å². The second kappa shape index (κ2) is 6.26. The summed E-state index contributed by atoms with van der Waals surface area (Å²) in [7, 11) is 1.71. The molecule has 0 heterocycles. The molecule has 1 atom stereocenters. The summed E-state index contributed by atoms with van der Waals surface area (Å²) < 4.78 is 5.03. The normalized spacial score (nSPS) is 12.7. The van der Waals surface area contributed by atoms with E-state index in [0.717, 1.165) is 28.6 Å². The van der Waals surface area contributed by atoms with Crippen LogP contribution in [0, 0.1) is 0 Å². The van der Waals surface area contributed by atoms with Gasteiger partial charge in [-0.3, -0.25) is 0 Å². The first-order chi connectivity index (χ1) is 7.13. The van der Waals surface area contributed by atoms with Gasteiger partial charge in [0.2, 0.25) is 0 Å². The molecule has 1 aromatic carbocycles. The van der Waals surface area contributed by atoms with Gasteiger partial charge in [0.15, 0.2) is 0 Å². The zero-order valence-electron chi connectivity index (χ0n) is 9.00. The molecule has 84 valence electrons. The van der Waals surface area contributed by atoms with Gasteiger partial charge >= 0.3 is 0 Å². The predicted octanol–water partition coefficient (Wildman–Crippen LogP) is 3.44. The molecule has 0 amide bonds. The lowest BCUT2D eigenvalue weighted by molar-refractivity contribution is 0.195. The Labute approximate surface area is 100 Å². The number of halogens is 1. The van der Waals surface area contributed by atoms with E-state index in [2.05, 4.69) is 6.92 Å². The number of thioether (sulfide) groups is 1. The van der Waals surface area contributed by atoms with Crippen LogP contribution in [0.25, 0.3) is 0 Å². The van der Waals surface area contributed by atoms with Crippen molar-refractivity contribution in [2.24, 2.45) is 0 Å². The highest BCUT2D eigenvalue weighted by Crippen LogP contribution is 2.32. The molecule has 0 aliphatic heterocycles. The second-order valence-electron chi connectivity index (χ2n) is 3.40. The van der Waals surface area contributed by atoms with E-state index in [1.165, 1.54) is 0 Å². The van der Waals surface area contributed by atoms with Gasteiger partial charge in [-0.05, 0) is 24.6 Å². The van der Waals surface area contributed by atoms with Crippen molar-refractivity contribution in [3.05, 3.63) is 23.2 Å². The topological polar surface area (TPSA) is 35.2 Å². The number of methoxy groups -OCH3 is 1. The molecule has 1 aromatic rings. The van der Waals surface area contributed by atoms with Gasteiger partial charge in [0, 0.05) is 29.5 Å². The maximum absolute atomic E-state index is 6.07. The summed E-state index contributed by atoms with van der Waals surface area (Å²) in [6.45, 7) is 2.93. The number of hydrogen-bond acceptors (Lipinski definition) is 3. The third kappa shape index (κ3) is 4.33. The summed E-state index contributed by atoms with van der Waals surface area (Å²) in [4.78, 5) is 1.04. The highest BCUT2D eigenvalue weighted by Gasteiger charge is 2.07. The number of nitrogens with two attached hydrogens (primary N) is 1. The van der Waals surface area contributed by atoms with Crippen molar-refractivity contribution in [2.75, 3.05) is 19.5 Å². The number of ether oxygens (including phenoxy) is 1. The number of benzene rings is 1. The predicted molar refractivity (Wildman–Crippen MR) is 67.7 cm³/mol. The molecule has 2 nitrogen and oxygen atoms in total. The summed E-state index contributed by atoms with van der Waals surface area (Å²) in [5, 5.41) is 1.24. The molecule has 1 unspecified atom stereocenters. The third-order valence-electron chi connectivity index (χ3n) is 2.01. The summed E-state index contributed by atoms with van der Waals surface area (Å²) >= 11 is 7.80. The molecule has 0 spiro atoms. The first-order valence-electron chi connectivity index (χ1n) is 4.84. The maximum atomic E-state index is 6.07. The molecule has 1 rings (SSSR count). The van der Waals surface area contributed by atoms with Crippen molar-refractivity contribution in [3.8, 4) is 0 Å². The third-order valence-corrected chi connectivity index (χ3v) is 3.68. The number of hydrogen-bond donors (Lipinski definition) is 1. The van der Waals surface area contributed by atoms with Gasteiger partial charge in [-0.25, -0.2) is 0 Å². The summed E-state index contributed by atoms with van der Waals surface area (Å²) in [5.74, 6) is 0. The van der Waals surface area contributed by atoms with E-state index in [1.54, 1.807) is 18.9 Å². The molecular weight excluding hydrogens is 230 g/mol. The molecule has 15 heavy (non-hydrogen) atoms. The molecule has 0 aliphatic rings. The lowest BCUT2D eigenvalue weighted by Gasteiger charge is -2.12. The molecule has 0 aromatic heterocycles. The smallest absolute Gasteiger partial charge is 0.0543 e. The average Bonchev–Trinajstić information content (AvgIpc) is 2.20. The molecule has 0 bridgehead atoms. The highest BCUT2D eigenvalue weighted by atomic mass is 35.5. The Morgan fingerprint density at radius 3 is 2.93 bits per heavy atom. The number of nitrogen functional groups attached to an aromatic ring is 1. The van der Waals surface area contributed by atoms with Crippen molar-refractivity contribution in [1.82, 2.24) is 0 Å². The average molecular weight is 246 g/mol. The van der Waals surface area contributed by atoms with Gasteiger partial charge in [0.05, 0.1) is 5.02 Å². The Balaban J connectivity index is 2.59. The Bertz CT molecular complexity index is 319. The monoisotopic (exact) mass is 245 g/mol. The van der Waals surface area contributed by atoms with Gasteiger partial charge in [-0.1, -0.05) is 18.5 Å². The first-order valence-corrected chi connectivity index (χ1v) is 6.10. The quantitative estimate of drug-likeness (QED) is 0.638. The van der Waals surface area contributed by atoms with Gasteiger partial charge in [0.1, 0.15) is 0 Å². The largest absolute Gasteiger partial charge is 0.399 e. The Kier molecular flexibility index (Phi) is 5.29. The summed E-state index contributed by atoms with van der Waals surface area (Å²) in [5.41, 5.74) is 6.46. The summed E-state index contributed by atoms with van der Waals surface area (Å²) in [6, 6.07) is 5.56. The van der Waals surface area contributed by atoms with Crippen LogP contribution in [-0.2, 0) is 4.74 Å². The van der Waals surface area contributed by atoms with Crippen molar-refractivity contribution in [2.45, 2.75) is 23.5 Å². The lowest BCUT2D eigenvalue weighted by atomic mass is 10.3. The van der Waals surface area contributed by atoms with Crippen LogP contribution in [0.15, 0.2) is 23.1 Å². The molecule has 2 N–H and O–H groups in total. The fourth-order valence-corrected chi connectivity index (χ4v) is 2.45. The summed E-state index contributed by atoms with van der Waals surface area (Å²) in [6.07, 6.45) is 1.01. The molecule has 4 heteroatoms. The SMILES string of the molecule is COCCC(C)Sc1cc(N)ccc1Cl. The molecule has 0 saturated heterocycles. The minimum Gasteiger partial charge on any atom is -0.399 e. The molecular formula is C11H16ClNOS. The number of rotatable bonds is 5. The zero-order chi connectivity index (χ0) is 11.3. The first kappa shape index (κ1) is 12.7. The van der Waals surface area contributed by atoms with Gasteiger partial charge in [0.25, 0.3) is 0 Å². The molecule has 0 saturated carbocycles. The minimum atomic E-state index is 0.476. The van der Waals surface area contributed by atoms with Crippen LogP contribution in [0.5, 0.6) is 0 Å². The minimum absolute atomic E-state index is 0.476.